The lowest BCUT2D eigenvalue weighted by molar-refractivity contribution is 0.190. The molecule has 210 valence electrons. The lowest BCUT2D eigenvalue weighted by Gasteiger charge is -2.12. The topological polar surface area (TPSA) is 133 Å². The Morgan fingerprint density at radius 1 is 1.15 bits per heavy atom. The van der Waals surface area contributed by atoms with E-state index in [-0.39, 0.29) is 45.9 Å². The number of nitrogens with one attached hydrogen (secondary N) is 1. The summed E-state index contributed by atoms with van der Waals surface area (Å²) >= 11 is 0. The molecule has 5 rings (SSSR count). The van der Waals surface area contributed by atoms with E-state index in [1.165, 1.54) is 37.4 Å². The summed E-state index contributed by atoms with van der Waals surface area (Å²) < 4.78 is 63.7. The molecule has 1 fully saturated rings. The third-order valence-corrected chi connectivity index (χ3v) is 9.13. The molecule has 3 N–H and O–H groups in total. The molecule has 2 atom stereocenters. The molecule has 0 radical (unpaired) electrons. The van der Waals surface area contributed by atoms with Crippen LogP contribution >= 0.6 is 0 Å². The normalized spacial score (nSPS) is 16.3. The molecule has 4 aromatic rings. The number of benzene rings is 2. The second-order valence-corrected chi connectivity index (χ2v) is 12.0. The predicted octanol–water partition coefficient (Wildman–Crippen LogP) is 4.59. The summed E-state index contributed by atoms with van der Waals surface area (Å²) in [5.41, 5.74) is 8.63. The number of anilines is 1. The number of halogens is 2. The molecule has 0 aliphatic carbocycles. The van der Waals surface area contributed by atoms with E-state index < -0.39 is 27.6 Å². The molecule has 1 aliphatic rings. The quantitative estimate of drug-likeness (QED) is 0.281. The van der Waals surface area contributed by atoms with Crippen LogP contribution in [0.3, 0.4) is 0 Å². The fraction of sp³-hybridized carbons (Fsp3) is 0.321. The van der Waals surface area contributed by atoms with E-state index >= 15 is 0 Å². The van der Waals surface area contributed by atoms with Crippen LogP contribution in [0.1, 0.15) is 25.3 Å². The van der Waals surface area contributed by atoms with E-state index in [9.17, 15) is 17.2 Å². The number of hydrogen-bond donors (Lipinski definition) is 2. The SMILES string of the molecule is CC(CCF)S(=O)(=O)c1ccc(-c2cnc(N)c(-c3cc(-c4ccc(CNC5CCOC5)cc4F)no3)n2)cc1. The Kier molecular flexibility index (Phi) is 8.19. The third-order valence-electron chi connectivity index (χ3n) is 6.90. The van der Waals surface area contributed by atoms with Gasteiger partial charge < -0.3 is 20.3 Å². The molecule has 2 aromatic heterocycles. The van der Waals surface area contributed by atoms with Gasteiger partial charge in [-0.15, -0.1) is 0 Å². The van der Waals surface area contributed by atoms with Crippen LogP contribution in [-0.4, -0.2) is 54.7 Å². The number of ether oxygens (including phenoxy) is 1. The molecule has 40 heavy (non-hydrogen) atoms. The summed E-state index contributed by atoms with van der Waals surface area (Å²) in [5, 5.41) is 6.53. The first kappa shape index (κ1) is 27.8. The van der Waals surface area contributed by atoms with Crippen LogP contribution in [0.15, 0.2) is 64.1 Å². The number of nitrogens with two attached hydrogens (primary N) is 1. The smallest absolute Gasteiger partial charge is 0.189 e. The lowest BCUT2D eigenvalue weighted by atomic mass is 10.1. The fourth-order valence-corrected chi connectivity index (χ4v) is 5.80. The molecular formula is C28H29F2N5O4S. The van der Waals surface area contributed by atoms with E-state index in [1.54, 1.807) is 18.2 Å². The van der Waals surface area contributed by atoms with Gasteiger partial charge in [0.15, 0.2) is 27.1 Å². The highest BCUT2D eigenvalue weighted by Gasteiger charge is 2.23. The molecule has 0 amide bonds. The Bertz CT molecular complexity index is 1590. The Hall–Kier alpha value is -3.74. The predicted molar refractivity (Wildman–Crippen MR) is 146 cm³/mol. The van der Waals surface area contributed by atoms with E-state index in [4.69, 9.17) is 15.0 Å². The summed E-state index contributed by atoms with van der Waals surface area (Å²) in [6.45, 7) is 2.69. The average Bonchev–Trinajstić information content (AvgIpc) is 3.65. The Balaban J connectivity index is 1.35. The molecule has 0 bridgehead atoms. The van der Waals surface area contributed by atoms with E-state index in [2.05, 4.69) is 20.4 Å². The van der Waals surface area contributed by atoms with Crippen LogP contribution in [0.4, 0.5) is 14.6 Å². The summed E-state index contributed by atoms with van der Waals surface area (Å²) in [5.74, 6) is -0.151. The molecule has 1 saturated heterocycles. The van der Waals surface area contributed by atoms with Crippen molar-refractivity contribution in [1.82, 2.24) is 20.4 Å². The first-order valence-corrected chi connectivity index (χ1v) is 14.4. The maximum absolute atomic E-state index is 15.0. The lowest BCUT2D eigenvalue weighted by Crippen LogP contribution is -2.28. The van der Waals surface area contributed by atoms with Gasteiger partial charge in [-0.2, -0.15) is 0 Å². The molecule has 9 nitrogen and oxygen atoms in total. The zero-order valence-corrected chi connectivity index (χ0v) is 22.6. The molecule has 12 heteroatoms. The molecule has 0 saturated carbocycles. The van der Waals surface area contributed by atoms with E-state index in [1.807, 2.05) is 6.07 Å². The van der Waals surface area contributed by atoms with E-state index in [0.717, 1.165) is 18.6 Å². The van der Waals surface area contributed by atoms with Crippen molar-refractivity contribution >= 4 is 15.7 Å². The second kappa shape index (κ2) is 11.8. The van der Waals surface area contributed by atoms with Gasteiger partial charge in [-0.1, -0.05) is 23.4 Å². The van der Waals surface area contributed by atoms with Crippen molar-refractivity contribution in [3.8, 4) is 34.0 Å². The largest absolute Gasteiger partial charge is 0.382 e. The van der Waals surface area contributed by atoms with Gasteiger partial charge in [-0.25, -0.2) is 22.8 Å². The summed E-state index contributed by atoms with van der Waals surface area (Å²) in [6.07, 6.45) is 2.32. The molecule has 2 unspecified atom stereocenters. The number of aromatic nitrogens is 3. The Labute approximate surface area is 230 Å². The second-order valence-electron chi connectivity index (χ2n) is 9.68. The van der Waals surface area contributed by atoms with Gasteiger partial charge >= 0.3 is 0 Å². The van der Waals surface area contributed by atoms with Crippen molar-refractivity contribution in [3.63, 3.8) is 0 Å². The van der Waals surface area contributed by atoms with Gasteiger partial charge in [-0.3, -0.25) is 4.39 Å². The number of nitrogens with zero attached hydrogens (tertiary/aromatic N) is 3. The standard InChI is InChI=1S/C28H29F2N5O4S/c1-17(8-10-29)40(36,37)21-5-3-19(4-6-21)25-15-33-28(31)27(34-25)26-13-24(35-39-26)22-7-2-18(12-23(22)30)14-32-20-9-11-38-16-20/h2-7,12-13,15,17,20,32H,8-11,14,16H2,1H3,(H2,31,33). The molecule has 2 aromatic carbocycles. The first-order chi connectivity index (χ1) is 19.3. The van der Waals surface area contributed by atoms with Gasteiger partial charge in [0, 0.05) is 36.4 Å². The van der Waals surface area contributed by atoms with Crippen LogP contribution in [-0.2, 0) is 21.1 Å². The van der Waals surface area contributed by atoms with Gasteiger partial charge in [0.1, 0.15) is 11.5 Å². The summed E-state index contributed by atoms with van der Waals surface area (Å²) in [7, 11) is -3.65. The van der Waals surface area contributed by atoms with Crippen molar-refractivity contribution in [2.45, 2.75) is 42.5 Å². The van der Waals surface area contributed by atoms with Crippen molar-refractivity contribution in [2.24, 2.45) is 0 Å². The number of nitrogen functional groups attached to an aromatic ring is 1. The van der Waals surface area contributed by atoms with Crippen molar-refractivity contribution < 1.29 is 26.5 Å². The van der Waals surface area contributed by atoms with Gasteiger partial charge in [-0.05, 0) is 49.6 Å². The van der Waals surface area contributed by atoms with Crippen LogP contribution in [0.2, 0.25) is 0 Å². The summed E-state index contributed by atoms with van der Waals surface area (Å²) in [4.78, 5) is 8.83. The summed E-state index contributed by atoms with van der Waals surface area (Å²) in [6, 6.07) is 12.8. The molecular weight excluding hydrogens is 540 g/mol. The van der Waals surface area contributed by atoms with Gasteiger partial charge in [0.05, 0.1) is 35.3 Å². The van der Waals surface area contributed by atoms with E-state index in [0.29, 0.717) is 24.4 Å². The van der Waals surface area contributed by atoms with Gasteiger partial charge in [0.25, 0.3) is 0 Å². The maximum Gasteiger partial charge on any atom is 0.189 e. The Morgan fingerprint density at radius 3 is 2.65 bits per heavy atom. The first-order valence-electron chi connectivity index (χ1n) is 12.9. The maximum atomic E-state index is 15.0. The van der Waals surface area contributed by atoms with Crippen LogP contribution in [0, 0.1) is 5.82 Å². The number of hydrogen-bond acceptors (Lipinski definition) is 9. The van der Waals surface area contributed by atoms with Crippen LogP contribution < -0.4 is 11.1 Å². The highest BCUT2D eigenvalue weighted by molar-refractivity contribution is 7.92. The highest BCUT2D eigenvalue weighted by Crippen LogP contribution is 2.31. The van der Waals surface area contributed by atoms with Crippen molar-refractivity contribution in [1.29, 1.82) is 0 Å². The molecule has 0 spiro atoms. The molecule has 1 aliphatic heterocycles. The van der Waals surface area contributed by atoms with Crippen molar-refractivity contribution in [2.75, 3.05) is 25.6 Å². The van der Waals surface area contributed by atoms with Crippen LogP contribution in [0.5, 0.6) is 0 Å². The number of alkyl halides is 1. The zero-order valence-electron chi connectivity index (χ0n) is 21.8. The average molecular weight is 570 g/mol. The fourth-order valence-electron chi connectivity index (χ4n) is 4.42. The third kappa shape index (κ3) is 5.88. The minimum Gasteiger partial charge on any atom is -0.382 e. The number of rotatable bonds is 10. The Morgan fingerprint density at radius 2 is 1.95 bits per heavy atom. The highest BCUT2D eigenvalue weighted by atomic mass is 32.2. The minimum absolute atomic E-state index is 0.0719. The van der Waals surface area contributed by atoms with Gasteiger partial charge in [0.2, 0.25) is 0 Å². The monoisotopic (exact) mass is 569 g/mol. The minimum atomic E-state index is -3.65. The van der Waals surface area contributed by atoms with Crippen molar-refractivity contribution in [3.05, 3.63) is 66.1 Å². The zero-order chi connectivity index (χ0) is 28.3. The number of sulfone groups is 1. The van der Waals surface area contributed by atoms with Crippen LogP contribution in [0.25, 0.3) is 34.0 Å². The molecule has 3 heterocycles.